The molecule has 1 aromatic carbocycles. The Hall–Kier alpha value is -1.26. The Morgan fingerprint density at radius 1 is 1.42 bits per heavy atom. The molecule has 0 radical (unpaired) electrons. The van der Waals surface area contributed by atoms with Crippen LogP contribution < -0.4 is 0 Å². The molecule has 0 N–H and O–H groups in total. The molecule has 100 valence electrons. The van der Waals surface area contributed by atoms with E-state index in [0.29, 0.717) is 17.1 Å². The Labute approximate surface area is 125 Å². The van der Waals surface area contributed by atoms with Crippen molar-refractivity contribution in [3.8, 4) is 0 Å². The van der Waals surface area contributed by atoms with E-state index in [9.17, 15) is 4.79 Å². The largest absolute Gasteiger partial charge is 0.469 e. The van der Waals surface area contributed by atoms with Gasteiger partial charge >= 0.3 is 0 Å². The second-order valence-electron chi connectivity index (χ2n) is 4.29. The van der Waals surface area contributed by atoms with Crippen LogP contribution in [0.1, 0.15) is 21.7 Å². The minimum Gasteiger partial charge on any atom is -0.469 e. The van der Waals surface area contributed by atoms with Gasteiger partial charge in [0, 0.05) is 23.6 Å². The first-order valence-corrected chi connectivity index (χ1v) is 6.89. The van der Waals surface area contributed by atoms with Gasteiger partial charge in [-0.1, -0.05) is 27.5 Å². The van der Waals surface area contributed by atoms with E-state index in [4.69, 9.17) is 16.0 Å². The molecular formula is C14H13BrClNO2. The second kappa shape index (κ2) is 5.80. The first-order chi connectivity index (χ1) is 8.99. The highest BCUT2D eigenvalue weighted by atomic mass is 79.9. The highest BCUT2D eigenvalue weighted by Crippen LogP contribution is 2.23. The van der Waals surface area contributed by atoms with Crippen molar-refractivity contribution in [3.63, 3.8) is 0 Å². The van der Waals surface area contributed by atoms with Gasteiger partial charge in [-0.15, -0.1) is 0 Å². The molecule has 0 atom stereocenters. The van der Waals surface area contributed by atoms with Crippen LogP contribution in [0.3, 0.4) is 0 Å². The molecule has 0 saturated heterocycles. The van der Waals surface area contributed by atoms with Crippen LogP contribution in [-0.2, 0) is 6.54 Å². The van der Waals surface area contributed by atoms with E-state index >= 15 is 0 Å². The number of halogens is 2. The van der Waals surface area contributed by atoms with Crippen molar-refractivity contribution < 1.29 is 9.21 Å². The van der Waals surface area contributed by atoms with E-state index in [1.54, 1.807) is 36.4 Å². The lowest BCUT2D eigenvalue weighted by Gasteiger charge is -2.17. The number of nitrogens with zero attached hydrogens (tertiary/aromatic N) is 1. The van der Waals surface area contributed by atoms with Crippen LogP contribution in [0.4, 0.5) is 0 Å². The van der Waals surface area contributed by atoms with Crippen LogP contribution in [0.15, 0.2) is 39.4 Å². The molecule has 0 aliphatic rings. The fourth-order valence-electron chi connectivity index (χ4n) is 1.77. The van der Waals surface area contributed by atoms with Gasteiger partial charge in [-0.05, 0) is 31.2 Å². The first kappa shape index (κ1) is 14.2. The molecule has 0 spiro atoms. The minimum absolute atomic E-state index is 0.119. The summed E-state index contributed by atoms with van der Waals surface area (Å²) in [7, 11) is 1.74. The van der Waals surface area contributed by atoms with E-state index in [1.165, 1.54) is 0 Å². The number of rotatable bonds is 3. The highest BCUT2D eigenvalue weighted by molar-refractivity contribution is 9.10. The van der Waals surface area contributed by atoms with E-state index in [2.05, 4.69) is 15.9 Å². The van der Waals surface area contributed by atoms with Gasteiger partial charge in [-0.2, -0.15) is 0 Å². The molecule has 2 rings (SSSR count). The fraction of sp³-hybridized carbons (Fsp3) is 0.214. The van der Waals surface area contributed by atoms with Gasteiger partial charge in [-0.3, -0.25) is 4.79 Å². The van der Waals surface area contributed by atoms with Crippen LogP contribution in [0.5, 0.6) is 0 Å². The molecule has 1 heterocycles. The van der Waals surface area contributed by atoms with E-state index in [0.717, 1.165) is 15.8 Å². The third-order valence-corrected chi connectivity index (χ3v) is 3.70. The van der Waals surface area contributed by atoms with Crippen LogP contribution in [0, 0.1) is 6.92 Å². The Morgan fingerprint density at radius 2 is 2.16 bits per heavy atom. The van der Waals surface area contributed by atoms with Gasteiger partial charge in [0.05, 0.1) is 16.8 Å². The maximum Gasteiger partial charge on any atom is 0.255 e. The summed E-state index contributed by atoms with van der Waals surface area (Å²) in [5.41, 5.74) is 1.47. The second-order valence-corrected chi connectivity index (χ2v) is 5.61. The summed E-state index contributed by atoms with van der Waals surface area (Å²) in [6.07, 6.45) is 1.62. The fourth-order valence-corrected chi connectivity index (χ4v) is 2.33. The zero-order valence-electron chi connectivity index (χ0n) is 10.6. The van der Waals surface area contributed by atoms with Crippen molar-refractivity contribution in [2.45, 2.75) is 13.5 Å². The number of furan rings is 1. The normalized spacial score (nSPS) is 10.5. The maximum atomic E-state index is 12.3. The Morgan fingerprint density at radius 3 is 2.79 bits per heavy atom. The number of hydrogen-bond acceptors (Lipinski definition) is 2. The quantitative estimate of drug-likeness (QED) is 0.834. The highest BCUT2D eigenvalue weighted by Gasteiger charge is 2.17. The van der Waals surface area contributed by atoms with Gasteiger partial charge < -0.3 is 9.32 Å². The molecule has 0 unspecified atom stereocenters. The maximum absolute atomic E-state index is 12.3. The molecule has 19 heavy (non-hydrogen) atoms. The average Bonchev–Trinajstić information content (AvgIpc) is 2.77. The predicted molar refractivity (Wildman–Crippen MR) is 78.4 cm³/mol. The summed E-state index contributed by atoms with van der Waals surface area (Å²) in [6, 6.07) is 7.10. The molecule has 5 heteroatoms. The minimum atomic E-state index is -0.119. The molecule has 0 saturated carbocycles. The summed E-state index contributed by atoms with van der Waals surface area (Å²) in [5.74, 6) is 0.701. The average molecular weight is 343 g/mol. The van der Waals surface area contributed by atoms with Crippen LogP contribution in [0.2, 0.25) is 5.02 Å². The summed E-state index contributed by atoms with van der Waals surface area (Å²) in [4.78, 5) is 14.0. The number of carbonyl (C=O) groups is 1. The smallest absolute Gasteiger partial charge is 0.255 e. The Bertz CT molecular complexity index is 609. The van der Waals surface area contributed by atoms with Crippen LogP contribution in [-0.4, -0.2) is 17.9 Å². The molecule has 1 amide bonds. The van der Waals surface area contributed by atoms with Gasteiger partial charge in [0.2, 0.25) is 0 Å². The lowest BCUT2D eigenvalue weighted by Crippen LogP contribution is -2.26. The van der Waals surface area contributed by atoms with E-state index in [-0.39, 0.29) is 5.91 Å². The first-order valence-electron chi connectivity index (χ1n) is 5.72. The molecule has 2 aromatic rings. The Kier molecular flexibility index (Phi) is 4.32. The summed E-state index contributed by atoms with van der Waals surface area (Å²) < 4.78 is 6.05. The van der Waals surface area contributed by atoms with Crippen molar-refractivity contribution in [2.24, 2.45) is 0 Å². The van der Waals surface area contributed by atoms with Crippen molar-refractivity contribution in [1.82, 2.24) is 4.90 Å². The van der Waals surface area contributed by atoms with Gasteiger partial charge in [0.25, 0.3) is 5.91 Å². The number of hydrogen-bond donors (Lipinski definition) is 0. The molecule has 3 nitrogen and oxygen atoms in total. The third-order valence-electron chi connectivity index (χ3n) is 2.88. The number of amides is 1. The van der Waals surface area contributed by atoms with Crippen molar-refractivity contribution in [2.75, 3.05) is 7.05 Å². The molecule has 0 fully saturated rings. The summed E-state index contributed by atoms with van der Waals surface area (Å²) in [5, 5.41) is 0.448. The summed E-state index contributed by atoms with van der Waals surface area (Å²) in [6.45, 7) is 2.36. The molecule has 0 aliphatic heterocycles. The lowest BCUT2D eigenvalue weighted by atomic mass is 10.2. The number of benzene rings is 1. The SMILES string of the molecule is Cc1occc1CN(C)C(=O)c1cc(Br)ccc1Cl. The zero-order valence-corrected chi connectivity index (χ0v) is 13.0. The summed E-state index contributed by atoms with van der Waals surface area (Å²) >= 11 is 9.40. The van der Waals surface area contributed by atoms with E-state index in [1.807, 2.05) is 13.0 Å². The predicted octanol–water partition coefficient (Wildman–Crippen LogP) is 4.28. The van der Waals surface area contributed by atoms with Crippen molar-refractivity contribution in [1.29, 1.82) is 0 Å². The molecular weight excluding hydrogens is 330 g/mol. The lowest BCUT2D eigenvalue weighted by molar-refractivity contribution is 0.0785. The van der Waals surface area contributed by atoms with Crippen LogP contribution in [0.25, 0.3) is 0 Å². The Balaban J connectivity index is 2.19. The molecule has 0 aliphatic carbocycles. The topological polar surface area (TPSA) is 33.5 Å². The third kappa shape index (κ3) is 3.19. The monoisotopic (exact) mass is 341 g/mol. The molecule has 1 aromatic heterocycles. The van der Waals surface area contributed by atoms with E-state index < -0.39 is 0 Å². The zero-order chi connectivity index (χ0) is 14.0. The standard InChI is InChI=1S/C14H13BrClNO2/c1-9-10(5-6-19-9)8-17(2)14(18)12-7-11(15)3-4-13(12)16/h3-7H,8H2,1-2H3. The van der Waals surface area contributed by atoms with Gasteiger partial charge in [0.1, 0.15) is 5.76 Å². The van der Waals surface area contributed by atoms with Crippen molar-refractivity contribution >= 4 is 33.4 Å². The van der Waals surface area contributed by atoms with Gasteiger partial charge in [-0.25, -0.2) is 0 Å². The number of aryl methyl sites for hydroxylation is 1. The van der Waals surface area contributed by atoms with Crippen molar-refractivity contribution in [3.05, 3.63) is 56.9 Å². The van der Waals surface area contributed by atoms with Crippen LogP contribution >= 0.6 is 27.5 Å². The van der Waals surface area contributed by atoms with Gasteiger partial charge in [0.15, 0.2) is 0 Å². The molecule has 0 bridgehead atoms. The number of carbonyl (C=O) groups excluding carboxylic acids is 1.